The Kier molecular flexibility index (Phi) is 6.19. The van der Waals surface area contributed by atoms with Crippen LogP contribution in [0.2, 0.25) is 0 Å². The van der Waals surface area contributed by atoms with Crippen molar-refractivity contribution in [3.05, 3.63) is 24.3 Å². The third kappa shape index (κ3) is 6.13. The van der Waals surface area contributed by atoms with E-state index in [9.17, 15) is 4.79 Å². The fraction of sp³-hybridized carbons (Fsp3) is 0.533. The lowest BCUT2D eigenvalue weighted by Gasteiger charge is -2.12. The first kappa shape index (κ1) is 15.3. The van der Waals surface area contributed by atoms with Gasteiger partial charge in [0, 0.05) is 19.8 Å². The van der Waals surface area contributed by atoms with Gasteiger partial charge >= 0.3 is 0 Å². The summed E-state index contributed by atoms with van der Waals surface area (Å²) in [4.78, 5) is 13.0. The van der Waals surface area contributed by atoms with Gasteiger partial charge < -0.3 is 15.0 Å². The lowest BCUT2D eigenvalue weighted by molar-refractivity contribution is -0.126. The fourth-order valence-electron chi connectivity index (χ4n) is 1.42. The average Bonchev–Trinajstić information content (AvgIpc) is 2.37. The van der Waals surface area contributed by atoms with Crippen molar-refractivity contribution in [1.29, 1.82) is 0 Å². The van der Waals surface area contributed by atoms with Crippen LogP contribution in [0.3, 0.4) is 0 Å². The molecule has 106 valence electrons. The topological polar surface area (TPSA) is 41.6 Å². The zero-order chi connectivity index (χ0) is 14.3. The Morgan fingerprint density at radius 2 is 1.89 bits per heavy atom. The quantitative estimate of drug-likeness (QED) is 0.823. The number of ether oxygens (including phenoxy) is 1. The molecule has 1 aromatic rings. The van der Waals surface area contributed by atoms with Crippen LogP contribution in [0.25, 0.3) is 0 Å². The van der Waals surface area contributed by atoms with Gasteiger partial charge in [-0.1, -0.05) is 13.8 Å². The summed E-state index contributed by atoms with van der Waals surface area (Å²) in [6, 6.07) is 7.69. The van der Waals surface area contributed by atoms with Crippen LogP contribution < -0.4 is 10.1 Å². The van der Waals surface area contributed by atoms with Crippen molar-refractivity contribution in [2.45, 2.75) is 20.3 Å². The Morgan fingerprint density at radius 1 is 1.26 bits per heavy atom. The Morgan fingerprint density at radius 3 is 2.42 bits per heavy atom. The molecular weight excluding hydrogens is 240 g/mol. The number of nitrogens with one attached hydrogen (secondary N) is 1. The van der Waals surface area contributed by atoms with Gasteiger partial charge in [-0.25, -0.2) is 0 Å². The molecule has 0 saturated heterocycles. The molecule has 1 N–H and O–H groups in total. The van der Waals surface area contributed by atoms with Gasteiger partial charge in [0.15, 0.2) is 0 Å². The van der Waals surface area contributed by atoms with Gasteiger partial charge in [0.1, 0.15) is 5.75 Å². The molecule has 0 aliphatic carbocycles. The van der Waals surface area contributed by atoms with E-state index in [0.717, 1.165) is 24.5 Å². The summed E-state index contributed by atoms with van der Waals surface area (Å²) in [6.07, 6.45) is 1.05. The number of likely N-dealkylation sites (N-methyl/N-ethyl adjacent to an activating group) is 1. The van der Waals surface area contributed by atoms with Crippen LogP contribution in [0.1, 0.15) is 20.3 Å². The summed E-state index contributed by atoms with van der Waals surface area (Å²) in [7, 11) is 3.49. The molecule has 1 aromatic carbocycles. The largest absolute Gasteiger partial charge is 0.494 e. The van der Waals surface area contributed by atoms with Gasteiger partial charge in [0.2, 0.25) is 5.91 Å². The molecule has 0 spiro atoms. The molecular formula is C15H24N2O2. The molecule has 0 aliphatic heterocycles. The first-order valence-electron chi connectivity index (χ1n) is 6.66. The molecule has 0 saturated carbocycles. The lowest BCUT2D eigenvalue weighted by atomic mass is 10.1. The second kappa shape index (κ2) is 7.67. The van der Waals surface area contributed by atoms with Crippen LogP contribution in [-0.2, 0) is 4.79 Å². The molecule has 0 aromatic heterocycles. The van der Waals surface area contributed by atoms with Crippen molar-refractivity contribution in [2.24, 2.45) is 5.92 Å². The van der Waals surface area contributed by atoms with Crippen molar-refractivity contribution in [1.82, 2.24) is 4.90 Å². The molecule has 4 nitrogen and oxygen atoms in total. The van der Waals surface area contributed by atoms with Crippen LogP contribution in [0.4, 0.5) is 5.69 Å². The fourth-order valence-corrected chi connectivity index (χ4v) is 1.42. The molecule has 19 heavy (non-hydrogen) atoms. The van der Waals surface area contributed by atoms with Crippen LogP contribution in [0, 0.1) is 5.92 Å². The van der Waals surface area contributed by atoms with E-state index >= 15 is 0 Å². The monoisotopic (exact) mass is 264 g/mol. The SMILES string of the molecule is CC(C)CCOc1ccc(NCC(=O)N(C)C)cc1. The third-order valence-electron chi connectivity index (χ3n) is 2.76. The Labute approximate surface area is 115 Å². The van der Waals surface area contributed by atoms with E-state index in [4.69, 9.17) is 4.74 Å². The highest BCUT2D eigenvalue weighted by Gasteiger charge is 2.03. The summed E-state index contributed by atoms with van der Waals surface area (Å²) in [6.45, 7) is 5.40. The van der Waals surface area contributed by atoms with Crippen LogP contribution in [0.5, 0.6) is 5.75 Å². The number of hydrogen-bond donors (Lipinski definition) is 1. The van der Waals surface area contributed by atoms with E-state index in [1.807, 2.05) is 24.3 Å². The second-order valence-corrected chi connectivity index (χ2v) is 5.20. The molecule has 1 rings (SSSR count). The first-order chi connectivity index (χ1) is 8.99. The van der Waals surface area contributed by atoms with Crippen molar-refractivity contribution >= 4 is 11.6 Å². The summed E-state index contributed by atoms with van der Waals surface area (Å²) in [5.74, 6) is 1.57. The second-order valence-electron chi connectivity index (χ2n) is 5.20. The van der Waals surface area contributed by atoms with Crippen molar-refractivity contribution in [3.63, 3.8) is 0 Å². The molecule has 4 heteroatoms. The maximum Gasteiger partial charge on any atom is 0.241 e. The van der Waals surface area contributed by atoms with E-state index < -0.39 is 0 Å². The van der Waals surface area contributed by atoms with E-state index in [0.29, 0.717) is 12.5 Å². The first-order valence-corrected chi connectivity index (χ1v) is 6.66. The number of hydrogen-bond acceptors (Lipinski definition) is 3. The minimum Gasteiger partial charge on any atom is -0.494 e. The third-order valence-corrected chi connectivity index (χ3v) is 2.76. The molecule has 0 atom stereocenters. The summed E-state index contributed by atoms with van der Waals surface area (Å²) in [5, 5.41) is 3.08. The lowest BCUT2D eigenvalue weighted by Crippen LogP contribution is -2.28. The number of rotatable bonds is 7. The van der Waals surface area contributed by atoms with E-state index in [2.05, 4.69) is 19.2 Å². The number of benzene rings is 1. The highest BCUT2D eigenvalue weighted by atomic mass is 16.5. The minimum absolute atomic E-state index is 0.0530. The summed E-state index contributed by atoms with van der Waals surface area (Å²) in [5.41, 5.74) is 0.923. The van der Waals surface area contributed by atoms with Crippen LogP contribution in [-0.4, -0.2) is 38.1 Å². The maximum absolute atomic E-state index is 11.4. The molecule has 0 fully saturated rings. The van der Waals surface area contributed by atoms with Gasteiger partial charge in [-0.05, 0) is 36.6 Å². The molecule has 0 unspecified atom stereocenters. The zero-order valence-electron chi connectivity index (χ0n) is 12.3. The predicted molar refractivity (Wildman–Crippen MR) is 78.6 cm³/mol. The highest BCUT2D eigenvalue weighted by molar-refractivity contribution is 5.80. The summed E-state index contributed by atoms with van der Waals surface area (Å²) < 4.78 is 5.63. The Hall–Kier alpha value is -1.71. The van der Waals surface area contributed by atoms with Crippen molar-refractivity contribution in [2.75, 3.05) is 32.6 Å². The van der Waals surface area contributed by atoms with Gasteiger partial charge in [-0.3, -0.25) is 4.79 Å². The number of amides is 1. The predicted octanol–water partition coefficient (Wildman–Crippen LogP) is 2.61. The highest BCUT2D eigenvalue weighted by Crippen LogP contribution is 2.16. The standard InChI is InChI=1S/C15H24N2O2/c1-12(2)9-10-19-14-7-5-13(6-8-14)16-11-15(18)17(3)4/h5-8,12,16H,9-11H2,1-4H3. The zero-order valence-corrected chi connectivity index (χ0v) is 12.3. The summed E-state index contributed by atoms with van der Waals surface area (Å²) >= 11 is 0. The van der Waals surface area contributed by atoms with Crippen LogP contribution in [0.15, 0.2) is 24.3 Å². The van der Waals surface area contributed by atoms with Crippen molar-refractivity contribution < 1.29 is 9.53 Å². The van der Waals surface area contributed by atoms with Crippen molar-refractivity contribution in [3.8, 4) is 5.75 Å². The molecule has 0 radical (unpaired) electrons. The Balaban J connectivity index is 2.37. The van der Waals surface area contributed by atoms with E-state index in [1.165, 1.54) is 0 Å². The van der Waals surface area contributed by atoms with E-state index in [1.54, 1.807) is 19.0 Å². The molecule has 1 amide bonds. The maximum atomic E-state index is 11.4. The molecule has 0 bridgehead atoms. The van der Waals surface area contributed by atoms with Gasteiger partial charge in [0.05, 0.1) is 13.2 Å². The number of carbonyl (C=O) groups excluding carboxylic acids is 1. The molecule has 0 heterocycles. The van der Waals surface area contributed by atoms with Gasteiger partial charge in [-0.2, -0.15) is 0 Å². The smallest absolute Gasteiger partial charge is 0.241 e. The van der Waals surface area contributed by atoms with Gasteiger partial charge in [0.25, 0.3) is 0 Å². The number of carbonyl (C=O) groups is 1. The number of nitrogens with zero attached hydrogens (tertiary/aromatic N) is 1. The Bertz CT molecular complexity index is 386. The number of anilines is 1. The average molecular weight is 264 g/mol. The molecule has 0 aliphatic rings. The van der Waals surface area contributed by atoms with Crippen LogP contribution >= 0.6 is 0 Å². The van der Waals surface area contributed by atoms with Gasteiger partial charge in [-0.15, -0.1) is 0 Å². The normalized spacial score (nSPS) is 10.4. The minimum atomic E-state index is 0.0530. The van der Waals surface area contributed by atoms with E-state index in [-0.39, 0.29) is 5.91 Å².